The van der Waals surface area contributed by atoms with E-state index in [1.165, 1.54) is 0 Å². The van der Waals surface area contributed by atoms with Gasteiger partial charge in [0.2, 0.25) is 0 Å². The van der Waals surface area contributed by atoms with E-state index in [1.54, 1.807) is 13.0 Å². The van der Waals surface area contributed by atoms with Crippen LogP contribution in [0.15, 0.2) is 12.1 Å². The van der Waals surface area contributed by atoms with Crippen LogP contribution >= 0.6 is 27.5 Å². The quantitative estimate of drug-likeness (QED) is 0.627. The van der Waals surface area contributed by atoms with Crippen molar-refractivity contribution in [1.82, 2.24) is 0 Å². The van der Waals surface area contributed by atoms with E-state index in [0.29, 0.717) is 22.5 Å². The minimum Gasteiger partial charge on any atom is -0.462 e. The SMILES string of the molecule is CCOC(=O)c1cc(C)cc(Cl)c1CBr. The Balaban J connectivity index is 3.20. The van der Waals surface area contributed by atoms with Gasteiger partial charge in [-0.1, -0.05) is 27.5 Å². The molecule has 2 nitrogen and oxygen atoms in total. The normalized spacial score (nSPS) is 10.1. The number of halogens is 2. The van der Waals surface area contributed by atoms with E-state index in [9.17, 15) is 4.79 Å². The molecular weight excluding hydrogens is 279 g/mol. The van der Waals surface area contributed by atoms with E-state index in [2.05, 4.69) is 15.9 Å². The van der Waals surface area contributed by atoms with Crippen molar-refractivity contribution in [3.8, 4) is 0 Å². The standard InChI is InChI=1S/C11H12BrClO2/c1-3-15-11(14)8-4-7(2)5-10(13)9(8)6-12/h4-5H,3,6H2,1-2H3. The van der Waals surface area contributed by atoms with Crippen molar-refractivity contribution in [3.63, 3.8) is 0 Å². The van der Waals surface area contributed by atoms with Crippen LogP contribution in [0.25, 0.3) is 0 Å². The zero-order valence-corrected chi connectivity index (χ0v) is 11.0. The van der Waals surface area contributed by atoms with Crippen LogP contribution in [0.5, 0.6) is 0 Å². The summed E-state index contributed by atoms with van der Waals surface area (Å²) in [6, 6.07) is 3.63. The van der Waals surface area contributed by atoms with Gasteiger partial charge in [-0.2, -0.15) is 0 Å². The highest BCUT2D eigenvalue weighted by atomic mass is 79.9. The zero-order chi connectivity index (χ0) is 11.4. The highest BCUT2D eigenvalue weighted by molar-refractivity contribution is 9.08. The monoisotopic (exact) mass is 290 g/mol. The average Bonchev–Trinajstić information content (AvgIpc) is 2.17. The van der Waals surface area contributed by atoms with E-state index in [1.807, 2.05) is 13.0 Å². The molecule has 82 valence electrons. The maximum Gasteiger partial charge on any atom is 0.338 e. The number of benzene rings is 1. The fraction of sp³-hybridized carbons (Fsp3) is 0.364. The number of rotatable bonds is 3. The number of hydrogen-bond donors (Lipinski definition) is 0. The second-order valence-electron chi connectivity index (χ2n) is 3.13. The molecule has 0 aliphatic carbocycles. The largest absolute Gasteiger partial charge is 0.462 e. The van der Waals surface area contributed by atoms with Gasteiger partial charge in [-0.25, -0.2) is 4.79 Å². The summed E-state index contributed by atoms with van der Waals surface area (Å²) in [7, 11) is 0. The number of hydrogen-bond acceptors (Lipinski definition) is 2. The van der Waals surface area contributed by atoms with Gasteiger partial charge in [-0.05, 0) is 37.1 Å². The summed E-state index contributed by atoms with van der Waals surface area (Å²) in [4.78, 5) is 11.6. The Labute approximate surface area is 103 Å². The highest BCUT2D eigenvalue weighted by Gasteiger charge is 2.15. The third-order valence-electron chi connectivity index (χ3n) is 1.97. The molecule has 1 aromatic rings. The van der Waals surface area contributed by atoms with Crippen LogP contribution in [-0.4, -0.2) is 12.6 Å². The molecule has 4 heteroatoms. The van der Waals surface area contributed by atoms with Crippen LogP contribution in [0.4, 0.5) is 0 Å². The van der Waals surface area contributed by atoms with Crippen molar-refractivity contribution < 1.29 is 9.53 Å². The summed E-state index contributed by atoms with van der Waals surface area (Å²) in [5.74, 6) is -0.322. The van der Waals surface area contributed by atoms with Crippen LogP contribution in [0, 0.1) is 6.92 Å². The van der Waals surface area contributed by atoms with Gasteiger partial charge in [-0.15, -0.1) is 0 Å². The van der Waals surface area contributed by atoms with Crippen molar-refractivity contribution in [2.24, 2.45) is 0 Å². The maximum absolute atomic E-state index is 11.6. The Morgan fingerprint density at radius 1 is 1.53 bits per heavy atom. The number of carbonyl (C=O) groups is 1. The zero-order valence-electron chi connectivity index (χ0n) is 8.64. The molecule has 0 N–H and O–H groups in total. The third-order valence-corrected chi connectivity index (χ3v) is 2.87. The lowest BCUT2D eigenvalue weighted by molar-refractivity contribution is 0.0525. The summed E-state index contributed by atoms with van der Waals surface area (Å²) in [5.41, 5.74) is 2.27. The Morgan fingerprint density at radius 3 is 2.73 bits per heavy atom. The molecule has 0 aromatic heterocycles. The van der Waals surface area contributed by atoms with Crippen molar-refractivity contribution in [3.05, 3.63) is 33.8 Å². The summed E-state index contributed by atoms with van der Waals surface area (Å²) in [6.45, 7) is 4.04. The lowest BCUT2D eigenvalue weighted by Crippen LogP contribution is -2.08. The molecule has 0 radical (unpaired) electrons. The molecule has 0 saturated carbocycles. The van der Waals surface area contributed by atoms with Gasteiger partial charge >= 0.3 is 5.97 Å². The van der Waals surface area contributed by atoms with Gasteiger partial charge in [0.25, 0.3) is 0 Å². The first-order chi connectivity index (χ1) is 7.10. The van der Waals surface area contributed by atoms with Crippen LogP contribution in [-0.2, 0) is 10.1 Å². The van der Waals surface area contributed by atoms with Crippen molar-refractivity contribution in [1.29, 1.82) is 0 Å². The Bertz CT molecular complexity index is 377. The molecule has 0 aliphatic rings. The molecule has 0 heterocycles. The first-order valence-electron chi connectivity index (χ1n) is 4.62. The molecule has 0 spiro atoms. The molecule has 0 bridgehead atoms. The molecule has 0 atom stereocenters. The molecule has 0 fully saturated rings. The van der Waals surface area contributed by atoms with Crippen molar-refractivity contribution in [2.75, 3.05) is 6.61 Å². The number of aryl methyl sites for hydroxylation is 1. The number of alkyl halides is 1. The smallest absolute Gasteiger partial charge is 0.338 e. The van der Waals surface area contributed by atoms with Gasteiger partial charge in [0.05, 0.1) is 12.2 Å². The van der Waals surface area contributed by atoms with Gasteiger partial charge in [0, 0.05) is 10.4 Å². The molecule has 0 unspecified atom stereocenters. The minimum atomic E-state index is -0.322. The van der Waals surface area contributed by atoms with Crippen molar-refractivity contribution in [2.45, 2.75) is 19.2 Å². The second-order valence-corrected chi connectivity index (χ2v) is 4.09. The van der Waals surface area contributed by atoms with Gasteiger partial charge < -0.3 is 4.74 Å². The summed E-state index contributed by atoms with van der Waals surface area (Å²) < 4.78 is 4.96. The van der Waals surface area contributed by atoms with Gasteiger partial charge in [-0.3, -0.25) is 0 Å². The minimum absolute atomic E-state index is 0.322. The van der Waals surface area contributed by atoms with Crippen LogP contribution < -0.4 is 0 Å². The molecule has 0 amide bonds. The predicted molar refractivity (Wildman–Crippen MR) is 64.8 cm³/mol. The second kappa shape index (κ2) is 5.52. The van der Waals surface area contributed by atoms with Gasteiger partial charge in [0.1, 0.15) is 0 Å². The molecule has 1 aromatic carbocycles. The molecule has 15 heavy (non-hydrogen) atoms. The van der Waals surface area contributed by atoms with Crippen LogP contribution in [0.2, 0.25) is 5.02 Å². The Morgan fingerprint density at radius 2 is 2.20 bits per heavy atom. The van der Waals surface area contributed by atoms with Crippen LogP contribution in [0.3, 0.4) is 0 Å². The highest BCUT2D eigenvalue weighted by Crippen LogP contribution is 2.25. The van der Waals surface area contributed by atoms with E-state index >= 15 is 0 Å². The fourth-order valence-electron chi connectivity index (χ4n) is 1.30. The predicted octanol–water partition coefficient (Wildman–Crippen LogP) is 3.72. The van der Waals surface area contributed by atoms with Crippen molar-refractivity contribution >= 4 is 33.5 Å². The number of esters is 1. The van der Waals surface area contributed by atoms with Crippen LogP contribution in [0.1, 0.15) is 28.4 Å². The summed E-state index contributed by atoms with van der Waals surface area (Å²) in [6.07, 6.45) is 0. The van der Waals surface area contributed by atoms with Gasteiger partial charge in [0.15, 0.2) is 0 Å². The molecule has 0 saturated heterocycles. The molecule has 1 rings (SSSR count). The lowest BCUT2D eigenvalue weighted by atomic mass is 10.1. The van der Waals surface area contributed by atoms with E-state index in [0.717, 1.165) is 11.1 Å². The molecular formula is C11H12BrClO2. The first-order valence-corrected chi connectivity index (χ1v) is 6.12. The van der Waals surface area contributed by atoms with E-state index in [-0.39, 0.29) is 5.97 Å². The van der Waals surface area contributed by atoms with E-state index < -0.39 is 0 Å². The average molecular weight is 292 g/mol. The third kappa shape index (κ3) is 2.95. The number of ether oxygens (including phenoxy) is 1. The molecule has 0 aliphatic heterocycles. The lowest BCUT2D eigenvalue weighted by Gasteiger charge is -2.09. The Hall–Kier alpha value is -0.540. The first kappa shape index (κ1) is 12.5. The fourth-order valence-corrected chi connectivity index (χ4v) is 2.41. The summed E-state index contributed by atoms with van der Waals surface area (Å²) in [5, 5.41) is 1.13. The maximum atomic E-state index is 11.6. The summed E-state index contributed by atoms with van der Waals surface area (Å²) >= 11 is 9.35. The Kier molecular flexibility index (Phi) is 4.61. The topological polar surface area (TPSA) is 26.3 Å². The number of carbonyl (C=O) groups excluding carboxylic acids is 1. The van der Waals surface area contributed by atoms with E-state index in [4.69, 9.17) is 16.3 Å².